The molecule has 3 heterocycles. The number of rotatable bonds is 6. The number of thioether (sulfide) groups is 1. The van der Waals surface area contributed by atoms with Crippen LogP contribution in [0.3, 0.4) is 0 Å². The molecule has 1 aliphatic carbocycles. The highest BCUT2D eigenvalue weighted by atomic mass is 32.2. The van der Waals surface area contributed by atoms with Gasteiger partial charge in [0.1, 0.15) is 11.5 Å². The van der Waals surface area contributed by atoms with Crippen molar-refractivity contribution in [2.75, 3.05) is 0 Å². The molecule has 0 amide bonds. The molecule has 1 saturated carbocycles. The molecular weight excluding hydrogens is 382 g/mol. The minimum atomic E-state index is -0.0602. The first-order chi connectivity index (χ1) is 14.2. The topological polar surface area (TPSA) is 65.1 Å². The van der Waals surface area contributed by atoms with Gasteiger partial charge in [0.15, 0.2) is 5.16 Å². The molecule has 1 fully saturated rings. The zero-order valence-electron chi connectivity index (χ0n) is 16.2. The molecule has 1 aliphatic rings. The SMILES string of the molecule is Cc1ccn2c(=O)cc(CSc3nnc(C4CC4)n3Cc3ccccc3)nc2c1. The van der Waals surface area contributed by atoms with Gasteiger partial charge in [-0.1, -0.05) is 42.1 Å². The van der Waals surface area contributed by atoms with Gasteiger partial charge in [0, 0.05) is 23.9 Å². The monoisotopic (exact) mass is 403 g/mol. The first-order valence-electron chi connectivity index (χ1n) is 9.76. The lowest BCUT2D eigenvalue weighted by molar-refractivity contribution is 0.667. The van der Waals surface area contributed by atoms with E-state index in [0.717, 1.165) is 28.8 Å². The van der Waals surface area contributed by atoms with E-state index >= 15 is 0 Å². The van der Waals surface area contributed by atoms with Gasteiger partial charge in [0.05, 0.1) is 12.2 Å². The summed E-state index contributed by atoms with van der Waals surface area (Å²) in [5.41, 5.74) is 3.69. The molecule has 6 nitrogen and oxygen atoms in total. The van der Waals surface area contributed by atoms with Gasteiger partial charge in [0.2, 0.25) is 0 Å². The quantitative estimate of drug-likeness (QED) is 0.458. The predicted molar refractivity (Wildman–Crippen MR) is 113 cm³/mol. The highest BCUT2D eigenvalue weighted by Crippen LogP contribution is 2.40. The summed E-state index contributed by atoms with van der Waals surface area (Å²) < 4.78 is 3.79. The van der Waals surface area contributed by atoms with E-state index in [1.807, 2.05) is 25.1 Å². The molecule has 0 spiro atoms. The van der Waals surface area contributed by atoms with Crippen LogP contribution in [-0.2, 0) is 12.3 Å². The van der Waals surface area contributed by atoms with Gasteiger partial charge in [-0.3, -0.25) is 9.20 Å². The lowest BCUT2D eigenvalue weighted by Gasteiger charge is -2.10. The summed E-state index contributed by atoms with van der Waals surface area (Å²) in [5.74, 6) is 2.17. The maximum atomic E-state index is 12.4. The molecule has 0 bridgehead atoms. The number of aryl methyl sites for hydroxylation is 1. The van der Waals surface area contributed by atoms with Crippen LogP contribution in [0.5, 0.6) is 0 Å². The molecule has 7 heteroatoms. The third kappa shape index (κ3) is 3.82. The molecular formula is C22H21N5OS. The zero-order valence-corrected chi connectivity index (χ0v) is 17.0. The van der Waals surface area contributed by atoms with E-state index in [0.29, 0.717) is 17.3 Å². The second kappa shape index (κ2) is 7.48. The van der Waals surface area contributed by atoms with Crippen LogP contribution in [0.15, 0.2) is 64.7 Å². The summed E-state index contributed by atoms with van der Waals surface area (Å²) in [4.78, 5) is 17.1. The van der Waals surface area contributed by atoms with Gasteiger partial charge in [-0.25, -0.2) is 4.98 Å². The second-order valence-corrected chi connectivity index (χ2v) is 8.44. The van der Waals surface area contributed by atoms with Crippen molar-refractivity contribution in [1.82, 2.24) is 24.1 Å². The summed E-state index contributed by atoms with van der Waals surface area (Å²) in [5, 5.41) is 9.80. The minimum absolute atomic E-state index is 0.0602. The maximum Gasteiger partial charge on any atom is 0.258 e. The summed E-state index contributed by atoms with van der Waals surface area (Å²) in [6.45, 7) is 2.76. The van der Waals surface area contributed by atoms with E-state index < -0.39 is 0 Å². The highest BCUT2D eigenvalue weighted by Gasteiger charge is 2.30. The Morgan fingerprint density at radius 3 is 2.72 bits per heavy atom. The smallest absolute Gasteiger partial charge is 0.258 e. The lowest BCUT2D eigenvalue weighted by atomic mass is 10.2. The van der Waals surface area contributed by atoms with Crippen molar-refractivity contribution in [1.29, 1.82) is 0 Å². The molecule has 146 valence electrons. The van der Waals surface area contributed by atoms with E-state index in [2.05, 4.69) is 44.0 Å². The van der Waals surface area contributed by atoms with Crippen LogP contribution >= 0.6 is 11.8 Å². The van der Waals surface area contributed by atoms with E-state index in [-0.39, 0.29) is 5.56 Å². The number of hydrogen-bond donors (Lipinski definition) is 0. The van der Waals surface area contributed by atoms with Crippen LogP contribution in [0.4, 0.5) is 0 Å². The fraction of sp³-hybridized carbons (Fsp3) is 0.273. The Hall–Kier alpha value is -2.93. The number of benzene rings is 1. The fourth-order valence-corrected chi connectivity index (χ4v) is 4.27. The maximum absolute atomic E-state index is 12.4. The van der Waals surface area contributed by atoms with Gasteiger partial charge in [-0.15, -0.1) is 10.2 Å². The van der Waals surface area contributed by atoms with Crippen LogP contribution in [0.1, 0.15) is 41.4 Å². The van der Waals surface area contributed by atoms with Crippen molar-refractivity contribution in [2.24, 2.45) is 0 Å². The molecule has 0 aliphatic heterocycles. The van der Waals surface area contributed by atoms with Crippen molar-refractivity contribution < 1.29 is 0 Å². The van der Waals surface area contributed by atoms with E-state index in [4.69, 9.17) is 0 Å². The Bertz CT molecular complexity index is 1230. The second-order valence-electron chi connectivity index (χ2n) is 7.49. The average Bonchev–Trinajstić information content (AvgIpc) is 3.49. The van der Waals surface area contributed by atoms with E-state index in [1.54, 1.807) is 28.4 Å². The van der Waals surface area contributed by atoms with E-state index in [1.165, 1.54) is 18.4 Å². The summed E-state index contributed by atoms with van der Waals surface area (Å²) in [6, 6.07) is 15.8. The Balaban J connectivity index is 1.42. The normalized spacial score (nSPS) is 13.8. The Morgan fingerprint density at radius 2 is 1.93 bits per heavy atom. The molecule has 3 aromatic heterocycles. The molecule has 29 heavy (non-hydrogen) atoms. The van der Waals surface area contributed by atoms with Crippen LogP contribution in [-0.4, -0.2) is 24.1 Å². The number of aromatic nitrogens is 5. The van der Waals surface area contributed by atoms with Gasteiger partial charge in [-0.2, -0.15) is 0 Å². The Kier molecular flexibility index (Phi) is 4.67. The molecule has 0 N–H and O–H groups in total. The highest BCUT2D eigenvalue weighted by molar-refractivity contribution is 7.98. The Morgan fingerprint density at radius 1 is 1.10 bits per heavy atom. The van der Waals surface area contributed by atoms with Gasteiger partial charge in [0.25, 0.3) is 5.56 Å². The average molecular weight is 404 g/mol. The lowest BCUT2D eigenvalue weighted by Crippen LogP contribution is -2.15. The largest absolute Gasteiger partial charge is 0.301 e. The number of fused-ring (bicyclic) bond motifs is 1. The predicted octanol–water partition coefficient (Wildman–Crippen LogP) is 3.81. The third-order valence-corrected chi connectivity index (χ3v) is 6.10. The number of pyridine rings is 1. The first kappa shape index (κ1) is 18.1. The standard InChI is InChI=1S/C22H21N5OS/c1-15-9-10-26-19(11-15)23-18(12-20(26)28)14-29-22-25-24-21(17-7-8-17)27(22)13-16-5-3-2-4-6-16/h2-6,9-12,17H,7-8,13-14H2,1H3. The van der Waals surface area contributed by atoms with Crippen molar-refractivity contribution in [3.8, 4) is 0 Å². The molecule has 0 radical (unpaired) electrons. The third-order valence-electron chi connectivity index (χ3n) is 5.10. The van der Waals surface area contributed by atoms with Crippen molar-refractivity contribution in [3.63, 3.8) is 0 Å². The van der Waals surface area contributed by atoms with Gasteiger partial charge >= 0.3 is 0 Å². The van der Waals surface area contributed by atoms with Crippen LogP contribution in [0.25, 0.3) is 5.65 Å². The minimum Gasteiger partial charge on any atom is -0.301 e. The first-order valence-corrected chi connectivity index (χ1v) is 10.7. The molecule has 1 aromatic carbocycles. The molecule has 0 atom stereocenters. The van der Waals surface area contributed by atoms with Crippen molar-refractivity contribution in [3.05, 3.63) is 87.7 Å². The summed E-state index contributed by atoms with van der Waals surface area (Å²) >= 11 is 1.59. The number of nitrogens with zero attached hydrogens (tertiary/aromatic N) is 5. The summed E-state index contributed by atoms with van der Waals surface area (Å²) in [7, 11) is 0. The van der Waals surface area contributed by atoms with Gasteiger partial charge < -0.3 is 4.57 Å². The van der Waals surface area contributed by atoms with Crippen LogP contribution < -0.4 is 5.56 Å². The van der Waals surface area contributed by atoms with Gasteiger partial charge in [-0.05, 0) is 43.0 Å². The molecule has 0 saturated heterocycles. The van der Waals surface area contributed by atoms with Crippen molar-refractivity contribution in [2.45, 2.75) is 43.1 Å². The summed E-state index contributed by atoms with van der Waals surface area (Å²) in [6.07, 6.45) is 4.13. The van der Waals surface area contributed by atoms with E-state index in [9.17, 15) is 4.79 Å². The fourth-order valence-electron chi connectivity index (χ4n) is 3.43. The van der Waals surface area contributed by atoms with Crippen LogP contribution in [0.2, 0.25) is 0 Å². The Labute approximate surface area is 172 Å². The van der Waals surface area contributed by atoms with Crippen LogP contribution in [0, 0.1) is 6.92 Å². The molecule has 0 unspecified atom stereocenters. The molecule has 4 aromatic rings. The number of hydrogen-bond acceptors (Lipinski definition) is 5. The molecule has 5 rings (SSSR count). The van der Waals surface area contributed by atoms with Crippen molar-refractivity contribution >= 4 is 17.4 Å². The zero-order chi connectivity index (χ0) is 19.8.